The number of hydrogen-bond acceptors (Lipinski definition) is 3. The number of rotatable bonds is 2. The summed E-state index contributed by atoms with van der Waals surface area (Å²) < 4.78 is 0.642. The molecule has 0 aromatic carbocycles. The molecule has 1 aromatic heterocycles. The van der Waals surface area contributed by atoms with Crippen LogP contribution in [0.5, 0.6) is 0 Å². The zero-order valence-electron chi connectivity index (χ0n) is 9.84. The lowest BCUT2D eigenvalue weighted by molar-refractivity contribution is -0.142. The summed E-state index contributed by atoms with van der Waals surface area (Å²) in [5.74, 6) is -1.24. The predicted octanol–water partition coefficient (Wildman–Crippen LogP) is 1.78. The van der Waals surface area contributed by atoms with E-state index in [9.17, 15) is 14.7 Å². The van der Waals surface area contributed by atoms with Crippen molar-refractivity contribution in [3.8, 4) is 0 Å². The number of pyridine rings is 1. The average Bonchev–Trinajstić information content (AvgIpc) is 2.71. The van der Waals surface area contributed by atoms with Crippen molar-refractivity contribution in [2.24, 2.45) is 5.92 Å². The molecule has 2 heterocycles. The number of carbonyl (C=O) groups is 2. The fourth-order valence-corrected chi connectivity index (χ4v) is 2.45. The molecule has 5 nitrogen and oxygen atoms in total. The zero-order chi connectivity index (χ0) is 13.3. The molecule has 0 saturated carbocycles. The summed E-state index contributed by atoms with van der Waals surface area (Å²) >= 11 is 3.19. The Morgan fingerprint density at radius 3 is 2.78 bits per heavy atom. The molecule has 0 radical (unpaired) electrons. The van der Waals surface area contributed by atoms with Crippen molar-refractivity contribution in [3.05, 3.63) is 28.5 Å². The second-order valence-electron chi connectivity index (χ2n) is 4.42. The lowest BCUT2D eigenvalue weighted by atomic mass is 10.0. The van der Waals surface area contributed by atoms with Gasteiger partial charge in [0, 0.05) is 12.7 Å². The monoisotopic (exact) mass is 312 g/mol. The molecule has 6 heteroatoms. The van der Waals surface area contributed by atoms with Gasteiger partial charge in [0.05, 0.1) is 5.56 Å². The first-order valence-electron chi connectivity index (χ1n) is 5.66. The third-order valence-corrected chi connectivity index (χ3v) is 3.66. The van der Waals surface area contributed by atoms with Crippen molar-refractivity contribution in [2.45, 2.75) is 19.4 Å². The van der Waals surface area contributed by atoms with Crippen LogP contribution in [0, 0.1) is 5.92 Å². The van der Waals surface area contributed by atoms with E-state index in [0.29, 0.717) is 23.1 Å². The molecule has 96 valence electrons. The molecule has 1 aromatic rings. The van der Waals surface area contributed by atoms with Gasteiger partial charge in [-0.1, -0.05) is 6.92 Å². The van der Waals surface area contributed by atoms with Crippen molar-refractivity contribution < 1.29 is 14.7 Å². The molecular formula is C12H13BrN2O3. The maximum atomic E-state index is 12.2. The van der Waals surface area contributed by atoms with Crippen molar-refractivity contribution in [1.29, 1.82) is 0 Å². The predicted molar refractivity (Wildman–Crippen MR) is 68.2 cm³/mol. The summed E-state index contributed by atoms with van der Waals surface area (Å²) in [5, 5.41) is 9.18. The van der Waals surface area contributed by atoms with Crippen molar-refractivity contribution in [1.82, 2.24) is 9.88 Å². The molecule has 1 saturated heterocycles. The first kappa shape index (κ1) is 13.0. The summed E-state index contributed by atoms with van der Waals surface area (Å²) in [6.45, 7) is 2.33. The zero-order valence-corrected chi connectivity index (χ0v) is 11.4. The highest BCUT2D eigenvalue weighted by Gasteiger charge is 2.39. The van der Waals surface area contributed by atoms with Crippen molar-refractivity contribution in [2.75, 3.05) is 6.54 Å². The van der Waals surface area contributed by atoms with Gasteiger partial charge in [0.25, 0.3) is 5.91 Å². The van der Waals surface area contributed by atoms with Crippen LogP contribution in [0.25, 0.3) is 0 Å². The van der Waals surface area contributed by atoms with E-state index in [1.165, 1.54) is 11.1 Å². The van der Waals surface area contributed by atoms with Gasteiger partial charge in [-0.3, -0.25) is 4.79 Å². The molecule has 2 atom stereocenters. The SMILES string of the molecule is CC1CCN(C(=O)c2ccc(Br)nc2)C1C(=O)O. The number of aliphatic carboxylic acids is 1. The third-order valence-electron chi connectivity index (χ3n) is 3.19. The van der Waals surface area contributed by atoms with E-state index in [4.69, 9.17) is 0 Å². The Hall–Kier alpha value is -1.43. The molecule has 18 heavy (non-hydrogen) atoms. The molecule has 0 spiro atoms. The molecule has 1 fully saturated rings. The Morgan fingerprint density at radius 1 is 1.50 bits per heavy atom. The van der Waals surface area contributed by atoms with E-state index in [2.05, 4.69) is 20.9 Å². The van der Waals surface area contributed by atoms with Gasteiger partial charge < -0.3 is 10.0 Å². The highest BCUT2D eigenvalue weighted by molar-refractivity contribution is 9.10. The number of amides is 1. The van der Waals surface area contributed by atoms with E-state index in [0.717, 1.165) is 0 Å². The highest BCUT2D eigenvalue weighted by Crippen LogP contribution is 2.25. The standard InChI is InChI=1S/C12H13BrN2O3/c1-7-4-5-15(10(7)12(17)18)11(16)8-2-3-9(13)14-6-8/h2-3,6-7,10H,4-5H2,1H3,(H,17,18). The van der Waals surface area contributed by atoms with Crippen LogP contribution in [-0.4, -0.2) is 39.5 Å². The summed E-state index contributed by atoms with van der Waals surface area (Å²) in [5.41, 5.74) is 0.415. The number of carbonyl (C=O) groups excluding carboxylic acids is 1. The number of carboxylic acid groups (broad SMARTS) is 1. The topological polar surface area (TPSA) is 70.5 Å². The maximum Gasteiger partial charge on any atom is 0.326 e. The van der Waals surface area contributed by atoms with E-state index in [-0.39, 0.29) is 11.8 Å². The number of hydrogen-bond donors (Lipinski definition) is 1. The lowest BCUT2D eigenvalue weighted by Gasteiger charge is -2.23. The number of nitrogens with zero attached hydrogens (tertiary/aromatic N) is 2. The summed E-state index contributed by atoms with van der Waals surface area (Å²) in [6, 6.07) is 2.57. The van der Waals surface area contributed by atoms with Crippen LogP contribution in [0.4, 0.5) is 0 Å². The van der Waals surface area contributed by atoms with Gasteiger partial charge in [0.1, 0.15) is 10.6 Å². The third kappa shape index (κ3) is 2.38. The van der Waals surface area contributed by atoms with Gasteiger partial charge in [-0.05, 0) is 40.4 Å². The average molecular weight is 313 g/mol. The van der Waals surface area contributed by atoms with E-state index >= 15 is 0 Å². The van der Waals surface area contributed by atoms with Crippen LogP contribution in [-0.2, 0) is 4.79 Å². The second kappa shape index (κ2) is 5.06. The van der Waals surface area contributed by atoms with Gasteiger partial charge in [-0.25, -0.2) is 9.78 Å². The minimum Gasteiger partial charge on any atom is -0.480 e. The number of halogens is 1. The Labute approximate surface area is 113 Å². The fourth-order valence-electron chi connectivity index (χ4n) is 2.22. The molecule has 2 unspecified atom stereocenters. The van der Waals surface area contributed by atoms with Gasteiger partial charge in [-0.15, -0.1) is 0 Å². The van der Waals surface area contributed by atoms with E-state index in [1.54, 1.807) is 12.1 Å². The van der Waals surface area contributed by atoms with Crippen LogP contribution < -0.4 is 0 Å². The van der Waals surface area contributed by atoms with Crippen molar-refractivity contribution in [3.63, 3.8) is 0 Å². The number of likely N-dealkylation sites (tertiary alicyclic amines) is 1. The lowest BCUT2D eigenvalue weighted by Crippen LogP contribution is -2.42. The minimum absolute atomic E-state index is 0.0187. The highest BCUT2D eigenvalue weighted by atomic mass is 79.9. The molecule has 1 amide bonds. The molecule has 1 N–H and O–H groups in total. The quantitative estimate of drug-likeness (QED) is 0.845. The Morgan fingerprint density at radius 2 is 2.22 bits per heavy atom. The fraction of sp³-hybridized carbons (Fsp3) is 0.417. The van der Waals surface area contributed by atoms with Crippen LogP contribution in [0.1, 0.15) is 23.7 Å². The number of carboxylic acids is 1. The van der Waals surface area contributed by atoms with Gasteiger partial charge in [0.2, 0.25) is 0 Å². The van der Waals surface area contributed by atoms with Crippen LogP contribution in [0.15, 0.2) is 22.9 Å². The van der Waals surface area contributed by atoms with E-state index < -0.39 is 12.0 Å². The molecular weight excluding hydrogens is 300 g/mol. The Bertz CT molecular complexity index is 475. The summed E-state index contributed by atoms with van der Waals surface area (Å²) in [4.78, 5) is 28.8. The molecule has 2 rings (SSSR count). The van der Waals surface area contributed by atoms with Gasteiger partial charge >= 0.3 is 5.97 Å². The first-order chi connectivity index (χ1) is 8.50. The van der Waals surface area contributed by atoms with Gasteiger partial charge in [0.15, 0.2) is 0 Å². The summed E-state index contributed by atoms with van der Waals surface area (Å²) in [6.07, 6.45) is 2.17. The normalized spacial score (nSPS) is 23.1. The van der Waals surface area contributed by atoms with Crippen LogP contribution in [0.3, 0.4) is 0 Å². The molecule has 0 aliphatic carbocycles. The maximum absolute atomic E-state index is 12.2. The Kier molecular flexibility index (Phi) is 3.65. The summed E-state index contributed by atoms with van der Waals surface area (Å²) in [7, 11) is 0. The smallest absolute Gasteiger partial charge is 0.326 e. The largest absolute Gasteiger partial charge is 0.480 e. The Balaban J connectivity index is 2.23. The minimum atomic E-state index is -0.946. The molecule has 1 aliphatic rings. The van der Waals surface area contributed by atoms with Crippen molar-refractivity contribution >= 4 is 27.8 Å². The van der Waals surface area contributed by atoms with Crippen LogP contribution >= 0.6 is 15.9 Å². The van der Waals surface area contributed by atoms with Gasteiger partial charge in [-0.2, -0.15) is 0 Å². The second-order valence-corrected chi connectivity index (χ2v) is 5.23. The first-order valence-corrected chi connectivity index (χ1v) is 6.45. The van der Waals surface area contributed by atoms with E-state index in [1.807, 2.05) is 6.92 Å². The molecule has 1 aliphatic heterocycles. The molecule has 0 bridgehead atoms. The number of aromatic nitrogens is 1. The van der Waals surface area contributed by atoms with Crippen LogP contribution in [0.2, 0.25) is 0 Å².